The number of rotatable bonds is 0. The van der Waals surface area contributed by atoms with Crippen molar-refractivity contribution in [1.29, 1.82) is 0 Å². The third-order valence-corrected chi connectivity index (χ3v) is 0. The Morgan fingerprint density at radius 1 is 0.750 bits per heavy atom. The summed E-state index contributed by atoms with van der Waals surface area (Å²) in [5.41, 5.74) is 0. The minimum absolute atomic E-state index is 0. The van der Waals surface area contributed by atoms with Crippen molar-refractivity contribution in [1.82, 2.24) is 0 Å². The molecule has 0 heterocycles. The van der Waals surface area contributed by atoms with Crippen LogP contribution in [0.2, 0.25) is 0 Å². The second-order valence-electron chi connectivity index (χ2n) is 0. The van der Waals surface area contributed by atoms with Gasteiger partial charge in [0.2, 0.25) is 0 Å². The monoisotopic (exact) mass is 166 g/mol. The second-order valence-corrected chi connectivity index (χ2v) is 0. The Hall–Kier alpha value is 1.89. The minimum Gasteiger partial charge on any atom is -2.00 e. The average Bonchev–Trinajstić information content (AvgIpc) is 0. The van der Waals surface area contributed by atoms with Crippen LogP contribution in [-0.2, 0) is 69.5 Å². The van der Waals surface area contributed by atoms with E-state index in [0.717, 1.165) is 0 Å². The first kappa shape index (κ1) is 39.4. The van der Waals surface area contributed by atoms with Crippen LogP contribution >= 0.6 is 0 Å². The van der Waals surface area contributed by atoms with E-state index in [1.165, 1.54) is 0 Å². The van der Waals surface area contributed by atoms with Crippen LogP contribution in [0.4, 0.5) is 0 Å². The molecule has 0 saturated heterocycles. The molecule has 0 aromatic rings. The van der Waals surface area contributed by atoms with Crippen molar-refractivity contribution in [2.75, 3.05) is 0 Å². The predicted molar refractivity (Wildman–Crippen MR) is 1.37 cm³/mol. The Kier molecular flexibility index (Phi) is 204. The second kappa shape index (κ2) is 20.7. The van der Waals surface area contributed by atoms with Gasteiger partial charge in [-0.1, -0.05) is 0 Å². The van der Waals surface area contributed by atoms with Crippen LogP contribution in [0.25, 0.3) is 0 Å². The molecule has 0 bridgehead atoms. The van der Waals surface area contributed by atoms with E-state index in [1.54, 1.807) is 0 Å². The van der Waals surface area contributed by atoms with Gasteiger partial charge in [-0.25, -0.2) is 0 Å². The molecule has 0 saturated carbocycles. The quantitative estimate of drug-likeness (QED) is 0.476. The van der Waals surface area contributed by atoms with Crippen LogP contribution in [-0.4, -0.2) is 0 Å². The summed E-state index contributed by atoms with van der Waals surface area (Å²) in [6.07, 6.45) is 0. The van der Waals surface area contributed by atoms with E-state index < -0.39 is 0 Å². The molecule has 0 aliphatic rings. The third-order valence-electron chi connectivity index (χ3n) is 0. The summed E-state index contributed by atoms with van der Waals surface area (Å²) in [6.45, 7) is 0. The zero-order chi connectivity index (χ0) is 0. The molecule has 0 spiro atoms. The van der Waals surface area contributed by atoms with Gasteiger partial charge in [0, 0.05) is 0 Å². The smallest absolute Gasteiger partial charge is 2.00 e. The maximum atomic E-state index is 0. The van der Waals surface area contributed by atoms with Crippen molar-refractivity contribution in [3.8, 4) is 0 Å². The molecule has 2 nitrogen and oxygen atoms in total. The van der Waals surface area contributed by atoms with Crippen LogP contribution < -0.4 is 0 Å². The van der Waals surface area contributed by atoms with E-state index in [4.69, 9.17) is 0 Å². The summed E-state index contributed by atoms with van der Waals surface area (Å²) in [4.78, 5) is 0. The summed E-state index contributed by atoms with van der Waals surface area (Å²) in [5, 5.41) is 0. The van der Waals surface area contributed by atoms with Crippen LogP contribution in [0, 0.1) is 0 Å². The molecule has 0 aliphatic carbocycles. The molecule has 4 heavy (non-hydrogen) atoms. The van der Waals surface area contributed by atoms with Crippen molar-refractivity contribution < 1.29 is 69.5 Å². The van der Waals surface area contributed by atoms with E-state index in [2.05, 4.69) is 0 Å². The first-order chi connectivity index (χ1) is 0. The van der Waals surface area contributed by atoms with Gasteiger partial charge in [-0.15, -0.1) is 0 Å². The Balaban J connectivity index is 0. The topological polar surface area (TPSA) is 57.0 Å². The zero-order valence-corrected chi connectivity index (χ0v) is 6.61. The molecular formula is O2ScY+2. The molecule has 0 aromatic carbocycles. The van der Waals surface area contributed by atoms with Gasteiger partial charge in [-0.05, 0) is 0 Å². The predicted octanol–water partition coefficient (Wildman–Crippen LogP) is -0.243. The fraction of sp³-hybridized carbons (Fsp3) is 0. The van der Waals surface area contributed by atoms with Crippen molar-refractivity contribution in [3.05, 3.63) is 0 Å². The Bertz CT molecular complexity index is 6.00. The minimum atomic E-state index is 0. The SMILES string of the molecule is [O-2].[O-2].[Sc+3].[Y+3]. The van der Waals surface area contributed by atoms with Crippen LogP contribution in [0.1, 0.15) is 0 Å². The van der Waals surface area contributed by atoms with Crippen LogP contribution in [0.3, 0.4) is 0 Å². The molecule has 4 heteroatoms. The number of hydrogen-bond acceptors (Lipinski definition) is 0. The van der Waals surface area contributed by atoms with Crippen molar-refractivity contribution in [2.24, 2.45) is 0 Å². The van der Waals surface area contributed by atoms with Crippen molar-refractivity contribution >= 4 is 0 Å². The fourth-order valence-electron chi connectivity index (χ4n) is 0. The molecule has 0 N–H and O–H groups in total. The summed E-state index contributed by atoms with van der Waals surface area (Å²) >= 11 is 0. The molecular weight excluding hydrogens is 166 g/mol. The van der Waals surface area contributed by atoms with Crippen molar-refractivity contribution in [2.45, 2.75) is 0 Å². The Morgan fingerprint density at radius 2 is 0.750 bits per heavy atom. The average molecular weight is 166 g/mol. The molecule has 0 unspecified atom stereocenters. The van der Waals surface area contributed by atoms with Gasteiger partial charge in [0.1, 0.15) is 0 Å². The Labute approximate surface area is 68.6 Å². The van der Waals surface area contributed by atoms with Gasteiger partial charge < -0.3 is 11.0 Å². The van der Waals surface area contributed by atoms with Gasteiger partial charge in [0.25, 0.3) is 0 Å². The van der Waals surface area contributed by atoms with Gasteiger partial charge in [0.05, 0.1) is 0 Å². The third kappa shape index (κ3) is 9.09. The summed E-state index contributed by atoms with van der Waals surface area (Å²) in [7, 11) is 0. The van der Waals surface area contributed by atoms with Gasteiger partial charge in [-0.3, -0.25) is 0 Å². The van der Waals surface area contributed by atoms with E-state index in [0.29, 0.717) is 0 Å². The summed E-state index contributed by atoms with van der Waals surface area (Å²) < 4.78 is 0. The van der Waals surface area contributed by atoms with Gasteiger partial charge in [-0.2, -0.15) is 0 Å². The standard InChI is InChI=1S/2O.Sc.Y/q2*-2;2*+3. The maximum Gasteiger partial charge on any atom is 3.00 e. The molecule has 0 amide bonds. The largest absolute Gasteiger partial charge is 3.00 e. The first-order valence-corrected chi connectivity index (χ1v) is 0. The van der Waals surface area contributed by atoms with E-state index in [1.807, 2.05) is 0 Å². The Morgan fingerprint density at radius 3 is 0.750 bits per heavy atom. The summed E-state index contributed by atoms with van der Waals surface area (Å²) in [6, 6.07) is 0. The molecule has 0 aliphatic heterocycles. The van der Waals surface area contributed by atoms with E-state index >= 15 is 0 Å². The molecule has 0 aromatic heterocycles. The molecule has 0 radical (unpaired) electrons. The normalized spacial score (nSPS) is 0. The van der Waals surface area contributed by atoms with Gasteiger partial charge >= 0.3 is 58.6 Å². The molecule has 0 fully saturated rings. The van der Waals surface area contributed by atoms with E-state index in [9.17, 15) is 0 Å². The van der Waals surface area contributed by atoms with Crippen LogP contribution in [0.5, 0.6) is 0 Å². The van der Waals surface area contributed by atoms with Crippen LogP contribution in [0.15, 0.2) is 0 Å². The summed E-state index contributed by atoms with van der Waals surface area (Å²) in [5.74, 6) is 0. The maximum absolute atomic E-state index is 0. The molecule has 0 atom stereocenters. The number of hydrogen-bond donors (Lipinski definition) is 0. The van der Waals surface area contributed by atoms with Crippen molar-refractivity contribution in [3.63, 3.8) is 0 Å². The first-order valence-electron chi connectivity index (χ1n) is 0. The zero-order valence-electron chi connectivity index (χ0n) is 1.97. The fourth-order valence-corrected chi connectivity index (χ4v) is 0. The molecule has 16 valence electrons. The van der Waals surface area contributed by atoms with E-state index in [-0.39, 0.29) is 69.5 Å². The van der Waals surface area contributed by atoms with Gasteiger partial charge in [0.15, 0.2) is 0 Å². The molecule has 0 rings (SSSR count).